The van der Waals surface area contributed by atoms with E-state index in [2.05, 4.69) is 4.89 Å². The predicted molar refractivity (Wildman–Crippen MR) is 41.6 cm³/mol. The first kappa shape index (κ1) is 10.3. The van der Waals surface area contributed by atoms with Crippen molar-refractivity contribution in [2.45, 2.75) is 0 Å². The summed E-state index contributed by atoms with van der Waals surface area (Å²) < 4.78 is 0. The van der Waals surface area contributed by atoms with Crippen molar-refractivity contribution < 1.29 is 19.7 Å². The van der Waals surface area contributed by atoms with Gasteiger partial charge in [-0.15, -0.1) is 0 Å². The summed E-state index contributed by atoms with van der Waals surface area (Å²) in [5.41, 5.74) is 0.338. The van der Waals surface area contributed by atoms with E-state index in [9.17, 15) is 4.79 Å². The van der Waals surface area contributed by atoms with Crippen LogP contribution in [0.25, 0.3) is 0 Å². The van der Waals surface area contributed by atoms with Crippen LogP contribution in [0, 0.1) is 0 Å². The van der Waals surface area contributed by atoms with E-state index in [0.717, 1.165) is 0 Å². The zero-order chi connectivity index (χ0) is 9.40. The van der Waals surface area contributed by atoms with Crippen LogP contribution in [-0.4, -0.2) is 18.0 Å². The Morgan fingerprint density at radius 1 is 1.25 bits per heavy atom. The van der Waals surface area contributed by atoms with Crippen molar-refractivity contribution in [3.8, 4) is 0 Å². The van der Waals surface area contributed by atoms with E-state index >= 15 is 0 Å². The van der Waals surface area contributed by atoms with E-state index in [1.54, 1.807) is 30.3 Å². The molecule has 0 fully saturated rings. The molecule has 64 valence electrons. The third kappa shape index (κ3) is 2.94. The molecule has 1 aromatic carbocycles. The molecule has 4 nitrogen and oxygen atoms in total. The maximum absolute atomic E-state index is 10.5. The van der Waals surface area contributed by atoms with Gasteiger partial charge in [0.1, 0.15) is 6.79 Å². The van der Waals surface area contributed by atoms with Crippen molar-refractivity contribution in [2.24, 2.45) is 0 Å². The van der Waals surface area contributed by atoms with Crippen molar-refractivity contribution in [2.75, 3.05) is 0 Å². The number of rotatable bonds is 1. The minimum absolute atomic E-state index is 0.338. The molecule has 0 bridgehead atoms. The maximum Gasteiger partial charge on any atom is 0.372 e. The highest BCUT2D eigenvalue weighted by molar-refractivity contribution is 5.88. The van der Waals surface area contributed by atoms with Crippen LogP contribution in [0.2, 0.25) is 0 Å². The first-order valence-electron chi connectivity index (χ1n) is 3.04. The van der Waals surface area contributed by atoms with Gasteiger partial charge in [0.2, 0.25) is 0 Å². The summed E-state index contributed by atoms with van der Waals surface area (Å²) >= 11 is 0. The number of carbonyl (C=O) groups excluding carboxylic acids is 2. The zero-order valence-electron chi connectivity index (χ0n) is 6.27. The maximum atomic E-state index is 10.5. The van der Waals surface area contributed by atoms with Gasteiger partial charge in [0.05, 0.1) is 5.56 Å². The van der Waals surface area contributed by atoms with Crippen LogP contribution >= 0.6 is 0 Å². The molecule has 0 unspecified atom stereocenters. The molecule has 0 aromatic heterocycles. The van der Waals surface area contributed by atoms with Gasteiger partial charge in [-0.1, -0.05) is 18.2 Å². The third-order valence-electron chi connectivity index (χ3n) is 1.09. The van der Waals surface area contributed by atoms with E-state index in [0.29, 0.717) is 5.56 Å². The summed E-state index contributed by atoms with van der Waals surface area (Å²) in [6.45, 7) is 2.00. The van der Waals surface area contributed by atoms with Crippen LogP contribution < -0.4 is 0 Å². The Balaban J connectivity index is 0.000000561. The highest BCUT2D eigenvalue weighted by atomic mass is 17.1. The molecule has 4 heteroatoms. The molecule has 0 aliphatic rings. The Bertz CT molecular complexity index is 232. The molecule has 0 radical (unpaired) electrons. The second-order valence-corrected chi connectivity index (χ2v) is 1.74. The van der Waals surface area contributed by atoms with Crippen molar-refractivity contribution in [1.29, 1.82) is 0 Å². The average Bonchev–Trinajstić information content (AvgIpc) is 2.21. The molecule has 1 rings (SSSR count). The SMILES string of the molecule is C=O.O=C(OO)c1ccccc1. The van der Waals surface area contributed by atoms with E-state index in [1.807, 2.05) is 6.79 Å². The van der Waals surface area contributed by atoms with Gasteiger partial charge < -0.3 is 4.79 Å². The van der Waals surface area contributed by atoms with Crippen LogP contribution in [0.3, 0.4) is 0 Å². The van der Waals surface area contributed by atoms with Gasteiger partial charge in [0, 0.05) is 0 Å². The zero-order valence-corrected chi connectivity index (χ0v) is 6.27. The molecule has 0 aliphatic heterocycles. The van der Waals surface area contributed by atoms with Crippen LogP contribution in [0.5, 0.6) is 0 Å². The Morgan fingerprint density at radius 2 is 1.75 bits per heavy atom. The second-order valence-electron chi connectivity index (χ2n) is 1.74. The van der Waals surface area contributed by atoms with Gasteiger partial charge >= 0.3 is 5.97 Å². The summed E-state index contributed by atoms with van der Waals surface area (Å²) in [5, 5.41) is 7.94. The van der Waals surface area contributed by atoms with Gasteiger partial charge in [-0.2, -0.15) is 5.26 Å². The number of benzene rings is 1. The molecule has 0 spiro atoms. The normalized spacial score (nSPS) is 7.75. The van der Waals surface area contributed by atoms with Crippen LogP contribution in [0.4, 0.5) is 0 Å². The lowest BCUT2D eigenvalue weighted by Gasteiger charge is -1.92. The van der Waals surface area contributed by atoms with Crippen molar-refractivity contribution in [1.82, 2.24) is 0 Å². The molecular weight excluding hydrogens is 160 g/mol. The molecular formula is C8H8O4. The minimum atomic E-state index is -0.736. The number of carbonyl (C=O) groups is 2. The monoisotopic (exact) mass is 168 g/mol. The van der Waals surface area contributed by atoms with Crippen LogP contribution in [0.1, 0.15) is 10.4 Å². The summed E-state index contributed by atoms with van der Waals surface area (Å²) in [5.74, 6) is -0.736. The largest absolute Gasteiger partial charge is 0.372 e. The van der Waals surface area contributed by atoms with Crippen LogP contribution in [0.15, 0.2) is 30.3 Å². The molecule has 1 aromatic rings. The summed E-state index contributed by atoms with van der Waals surface area (Å²) in [6.07, 6.45) is 0. The van der Waals surface area contributed by atoms with Gasteiger partial charge in [0.25, 0.3) is 0 Å². The number of hydrogen-bond donors (Lipinski definition) is 1. The van der Waals surface area contributed by atoms with Gasteiger partial charge in [-0.3, -0.25) is 4.89 Å². The first-order valence-corrected chi connectivity index (χ1v) is 3.04. The second kappa shape index (κ2) is 6.06. The lowest BCUT2D eigenvalue weighted by Crippen LogP contribution is -2.00. The van der Waals surface area contributed by atoms with Gasteiger partial charge in [-0.25, -0.2) is 4.79 Å². The molecule has 0 atom stereocenters. The topological polar surface area (TPSA) is 63.6 Å². The fourth-order valence-electron chi connectivity index (χ4n) is 0.627. The third-order valence-corrected chi connectivity index (χ3v) is 1.09. The first-order chi connectivity index (χ1) is 5.84. The Morgan fingerprint density at radius 3 is 2.17 bits per heavy atom. The highest BCUT2D eigenvalue weighted by Crippen LogP contribution is 1.98. The highest BCUT2D eigenvalue weighted by Gasteiger charge is 2.02. The van der Waals surface area contributed by atoms with Gasteiger partial charge in [-0.05, 0) is 12.1 Å². The standard InChI is InChI=1S/C7H6O3.CH2O/c8-7(10-9)6-4-2-1-3-5-6;1-2/h1-5,9H;1H2. The fourth-order valence-corrected chi connectivity index (χ4v) is 0.627. The molecule has 12 heavy (non-hydrogen) atoms. The van der Waals surface area contributed by atoms with E-state index in [-0.39, 0.29) is 0 Å². The molecule has 0 aliphatic carbocycles. The lowest BCUT2D eigenvalue weighted by atomic mass is 10.2. The summed E-state index contributed by atoms with van der Waals surface area (Å²) in [4.78, 5) is 22.0. The molecule has 0 saturated carbocycles. The quantitative estimate of drug-likeness (QED) is 0.504. The van der Waals surface area contributed by atoms with E-state index in [4.69, 9.17) is 10.1 Å². The Kier molecular flexibility index (Phi) is 5.21. The summed E-state index contributed by atoms with van der Waals surface area (Å²) in [6, 6.07) is 8.25. The average molecular weight is 168 g/mol. The molecule has 0 amide bonds. The van der Waals surface area contributed by atoms with Crippen LogP contribution in [-0.2, 0) is 9.68 Å². The predicted octanol–water partition coefficient (Wildman–Crippen LogP) is 1.13. The van der Waals surface area contributed by atoms with E-state index in [1.165, 1.54) is 0 Å². The minimum Gasteiger partial charge on any atom is -0.307 e. The summed E-state index contributed by atoms with van der Waals surface area (Å²) in [7, 11) is 0. The van der Waals surface area contributed by atoms with Gasteiger partial charge in [0.15, 0.2) is 0 Å². The number of hydrogen-bond acceptors (Lipinski definition) is 4. The van der Waals surface area contributed by atoms with Crippen molar-refractivity contribution in [3.63, 3.8) is 0 Å². The molecule has 1 N–H and O–H groups in total. The van der Waals surface area contributed by atoms with E-state index < -0.39 is 5.97 Å². The smallest absolute Gasteiger partial charge is 0.307 e. The van der Waals surface area contributed by atoms with Crippen molar-refractivity contribution >= 4 is 12.8 Å². The molecule has 0 heterocycles. The fraction of sp³-hybridized carbons (Fsp3) is 0. The van der Waals surface area contributed by atoms with Crippen molar-refractivity contribution in [3.05, 3.63) is 35.9 Å². The Hall–Kier alpha value is -1.68. The lowest BCUT2D eigenvalue weighted by molar-refractivity contribution is -0.182. The Labute approximate surface area is 69.3 Å². The molecule has 0 saturated heterocycles.